The molecule has 3 heteroatoms. The Morgan fingerprint density at radius 3 is 2.80 bits per heavy atom. The van der Waals surface area contributed by atoms with E-state index in [2.05, 4.69) is 15.8 Å². The molecule has 1 rings (SSSR count). The predicted molar refractivity (Wildman–Crippen MR) is 43.2 cm³/mol. The molecule has 1 fully saturated rings. The summed E-state index contributed by atoms with van der Waals surface area (Å²) in [4.78, 5) is 0. The van der Waals surface area contributed by atoms with E-state index in [1.807, 2.05) is 6.92 Å². The molecule has 0 spiro atoms. The zero-order valence-electron chi connectivity index (χ0n) is 6.43. The molecular formula is C7H15N3. The molecule has 0 radical (unpaired) electrons. The summed E-state index contributed by atoms with van der Waals surface area (Å²) in [6, 6.07) is 0.595. The first-order chi connectivity index (χ1) is 4.93. The molecule has 0 aromatic rings. The van der Waals surface area contributed by atoms with Crippen molar-refractivity contribution < 1.29 is 0 Å². The molecule has 0 aromatic carbocycles. The number of hydrazone groups is 1. The van der Waals surface area contributed by atoms with Gasteiger partial charge in [0.1, 0.15) is 0 Å². The van der Waals surface area contributed by atoms with Crippen molar-refractivity contribution in [3.8, 4) is 0 Å². The van der Waals surface area contributed by atoms with Crippen molar-refractivity contribution in [2.45, 2.75) is 25.8 Å². The minimum Gasteiger partial charge on any atom is -0.317 e. The summed E-state index contributed by atoms with van der Waals surface area (Å²) in [5.74, 6) is 0. The van der Waals surface area contributed by atoms with E-state index in [0.29, 0.717) is 6.04 Å². The zero-order chi connectivity index (χ0) is 7.23. The standard InChI is InChI=1S/C7H15N3/c1-2-9-10-7-3-5-8-6-4-7/h2,7-8,10H,3-6H2,1H3/b9-2-. The summed E-state index contributed by atoms with van der Waals surface area (Å²) < 4.78 is 0. The Bertz CT molecular complexity index is 105. The SMILES string of the molecule is C/C=N\NC1CCNCC1. The topological polar surface area (TPSA) is 36.4 Å². The molecule has 58 valence electrons. The summed E-state index contributed by atoms with van der Waals surface area (Å²) in [5.41, 5.74) is 3.10. The Labute approximate surface area is 61.9 Å². The summed E-state index contributed by atoms with van der Waals surface area (Å²) in [6.45, 7) is 4.17. The van der Waals surface area contributed by atoms with Crippen LogP contribution in [0.4, 0.5) is 0 Å². The van der Waals surface area contributed by atoms with Crippen LogP contribution in [0.3, 0.4) is 0 Å². The van der Waals surface area contributed by atoms with Gasteiger partial charge < -0.3 is 10.7 Å². The van der Waals surface area contributed by atoms with Gasteiger partial charge in [-0.05, 0) is 32.9 Å². The Balaban J connectivity index is 2.13. The van der Waals surface area contributed by atoms with Crippen LogP contribution in [0, 0.1) is 0 Å². The van der Waals surface area contributed by atoms with Crippen LogP contribution in [-0.4, -0.2) is 25.3 Å². The van der Waals surface area contributed by atoms with Crippen LogP contribution in [0.15, 0.2) is 5.10 Å². The first-order valence-corrected chi connectivity index (χ1v) is 3.87. The van der Waals surface area contributed by atoms with Gasteiger partial charge in [0, 0.05) is 12.3 Å². The average molecular weight is 141 g/mol. The van der Waals surface area contributed by atoms with Gasteiger partial charge in [-0.1, -0.05) is 0 Å². The molecule has 0 atom stereocenters. The van der Waals surface area contributed by atoms with Crippen LogP contribution in [0.25, 0.3) is 0 Å². The summed E-state index contributed by atoms with van der Waals surface area (Å²) >= 11 is 0. The van der Waals surface area contributed by atoms with Crippen molar-refractivity contribution in [3.05, 3.63) is 0 Å². The van der Waals surface area contributed by atoms with Gasteiger partial charge in [-0.2, -0.15) is 5.10 Å². The molecule has 1 saturated heterocycles. The van der Waals surface area contributed by atoms with Crippen molar-refractivity contribution in [2.24, 2.45) is 5.10 Å². The third-order valence-corrected chi connectivity index (χ3v) is 1.73. The highest BCUT2D eigenvalue weighted by Crippen LogP contribution is 2.00. The minimum absolute atomic E-state index is 0.595. The van der Waals surface area contributed by atoms with Crippen LogP contribution in [0.5, 0.6) is 0 Å². The van der Waals surface area contributed by atoms with Crippen LogP contribution in [-0.2, 0) is 0 Å². The van der Waals surface area contributed by atoms with E-state index in [0.717, 1.165) is 13.1 Å². The van der Waals surface area contributed by atoms with Crippen LogP contribution < -0.4 is 10.7 Å². The normalized spacial score (nSPS) is 21.7. The second kappa shape index (κ2) is 4.28. The number of rotatable bonds is 2. The molecule has 0 aliphatic carbocycles. The van der Waals surface area contributed by atoms with E-state index >= 15 is 0 Å². The molecule has 0 bridgehead atoms. The van der Waals surface area contributed by atoms with E-state index in [9.17, 15) is 0 Å². The average Bonchev–Trinajstić information content (AvgIpc) is 2.03. The van der Waals surface area contributed by atoms with Crippen LogP contribution in [0.2, 0.25) is 0 Å². The Hall–Kier alpha value is -0.570. The largest absolute Gasteiger partial charge is 0.317 e. The van der Waals surface area contributed by atoms with Gasteiger partial charge in [0.05, 0.1) is 0 Å². The van der Waals surface area contributed by atoms with Crippen molar-refractivity contribution in [1.82, 2.24) is 10.7 Å². The van der Waals surface area contributed by atoms with Gasteiger partial charge in [-0.15, -0.1) is 0 Å². The second-order valence-electron chi connectivity index (χ2n) is 2.54. The smallest absolute Gasteiger partial charge is 0.0464 e. The highest BCUT2D eigenvalue weighted by atomic mass is 15.3. The third-order valence-electron chi connectivity index (χ3n) is 1.73. The highest BCUT2D eigenvalue weighted by molar-refractivity contribution is 5.52. The molecule has 0 saturated carbocycles. The Morgan fingerprint density at radius 2 is 2.20 bits per heavy atom. The van der Waals surface area contributed by atoms with Gasteiger partial charge >= 0.3 is 0 Å². The zero-order valence-corrected chi connectivity index (χ0v) is 6.43. The third kappa shape index (κ3) is 2.35. The van der Waals surface area contributed by atoms with Gasteiger partial charge in [-0.25, -0.2) is 0 Å². The van der Waals surface area contributed by atoms with Crippen LogP contribution >= 0.6 is 0 Å². The van der Waals surface area contributed by atoms with Crippen molar-refractivity contribution in [1.29, 1.82) is 0 Å². The quantitative estimate of drug-likeness (QED) is 0.429. The molecule has 3 nitrogen and oxygen atoms in total. The lowest BCUT2D eigenvalue weighted by Crippen LogP contribution is -2.37. The molecular weight excluding hydrogens is 126 g/mol. The van der Waals surface area contributed by atoms with Crippen molar-refractivity contribution in [3.63, 3.8) is 0 Å². The lowest BCUT2D eigenvalue weighted by Gasteiger charge is -2.21. The molecule has 0 unspecified atom stereocenters. The lowest BCUT2D eigenvalue weighted by atomic mass is 10.1. The minimum atomic E-state index is 0.595. The van der Waals surface area contributed by atoms with E-state index in [1.165, 1.54) is 12.8 Å². The lowest BCUT2D eigenvalue weighted by molar-refractivity contribution is 0.396. The van der Waals surface area contributed by atoms with E-state index in [4.69, 9.17) is 0 Å². The molecule has 0 amide bonds. The summed E-state index contributed by atoms with van der Waals surface area (Å²) in [5, 5.41) is 7.29. The van der Waals surface area contributed by atoms with Crippen molar-refractivity contribution in [2.75, 3.05) is 13.1 Å². The first kappa shape index (κ1) is 7.54. The number of piperidine rings is 1. The number of hydrogen-bond acceptors (Lipinski definition) is 3. The molecule has 0 aromatic heterocycles. The molecule has 1 aliphatic rings. The van der Waals surface area contributed by atoms with Gasteiger partial charge in [0.25, 0.3) is 0 Å². The second-order valence-corrected chi connectivity index (χ2v) is 2.54. The molecule has 1 heterocycles. The number of hydrogen-bond donors (Lipinski definition) is 2. The van der Waals surface area contributed by atoms with E-state index < -0.39 is 0 Å². The molecule has 2 N–H and O–H groups in total. The number of nitrogens with one attached hydrogen (secondary N) is 2. The maximum absolute atomic E-state index is 3.99. The maximum Gasteiger partial charge on any atom is 0.0464 e. The fourth-order valence-electron chi connectivity index (χ4n) is 1.13. The monoisotopic (exact) mass is 141 g/mol. The Morgan fingerprint density at radius 1 is 1.50 bits per heavy atom. The first-order valence-electron chi connectivity index (χ1n) is 3.87. The Kier molecular flexibility index (Phi) is 3.22. The highest BCUT2D eigenvalue weighted by Gasteiger charge is 2.10. The summed E-state index contributed by atoms with van der Waals surface area (Å²) in [6.07, 6.45) is 4.18. The molecule has 10 heavy (non-hydrogen) atoms. The van der Waals surface area contributed by atoms with E-state index in [-0.39, 0.29) is 0 Å². The summed E-state index contributed by atoms with van der Waals surface area (Å²) in [7, 11) is 0. The maximum atomic E-state index is 3.99. The fourth-order valence-corrected chi connectivity index (χ4v) is 1.13. The van der Waals surface area contributed by atoms with Gasteiger partial charge in [-0.3, -0.25) is 0 Å². The molecule has 1 aliphatic heterocycles. The van der Waals surface area contributed by atoms with Crippen LogP contribution in [0.1, 0.15) is 19.8 Å². The van der Waals surface area contributed by atoms with Crippen molar-refractivity contribution >= 4 is 6.21 Å². The predicted octanol–water partition coefficient (Wildman–Crippen LogP) is 0.334. The van der Waals surface area contributed by atoms with Gasteiger partial charge in [0.2, 0.25) is 0 Å². The number of nitrogens with zero attached hydrogens (tertiary/aromatic N) is 1. The van der Waals surface area contributed by atoms with Gasteiger partial charge in [0.15, 0.2) is 0 Å². The fraction of sp³-hybridized carbons (Fsp3) is 0.857. The van der Waals surface area contributed by atoms with E-state index in [1.54, 1.807) is 6.21 Å².